The van der Waals surface area contributed by atoms with Crippen LogP contribution in [0.15, 0.2) is 76.3 Å². The minimum absolute atomic E-state index is 0.343. The van der Waals surface area contributed by atoms with Gasteiger partial charge in [0.1, 0.15) is 12.4 Å². The summed E-state index contributed by atoms with van der Waals surface area (Å²) in [5.74, 6) is 1.49. The minimum Gasteiger partial charge on any atom is -0.493 e. The molecule has 1 N–H and O–H groups in total. The van der Waals surface area contributed by atoms with Gasteiger partial charge in [0.2, 0.25) is 0 Å². The molecule has 0 aromatic heterocycles. The van der Waals surface area contributed by atoms with Gasteiger partial charge in [-0.15, -0.1) is 0 Å². The van der Waals surface area contributed by atoms with E-state index in [4.69, 9.17) is 14.2 Å². The standard InChI is InChI=1S/C25H25BrN2O4/c1-3-13-31-23-12-9-20(15-24(23)30-2)25(29)28-27-16-19-5-4-6-22(14-19)32-17-18-7-10-21(26)11-8-18/h4-12,14-16H,3,13,17H2,1-2H3,(H,28,29)/b27-16+. The van der Waals surface area contributed by atoms with Crippen LogP contribution in [0.2, 0.25) is 0 Å². The Kier molecular flexibility index (Phi) is 8.69. The molecule has 0 radical (unpaired) electrons. The Morgan fingerprint density at radius 2 is 1.84 bits per heavy atom. The van der Waals surface area contributed by atoms with Crippen LogP contribution in [0.5, 0.6) is 17.2 Å². The smallest absolute Gasteiger partial charge is 0.271 e. The van der Waals surface area contributed by atoms with Crippen LogP contribution < -0.4 is 19.6 Å². The highest BCUT2D eigenvalue weighted by Gasteiger charge is 2.10. The Hall–Kier alpha value is -3.32. The van der Waals surface area contributed by atoms with Gasteiger partial charge in [0.05, 0.1) is 19.9 Å². The molecule has 1 amide bonds. The molecule has 0 unspecified atom stereocenters. The van der Waals surface area contributed by atoms with Gasteiger partial charge in [-0.05, 0) is 60.0 Å². The van der Waals surface area contributed by atoms with Crippen molar-refractivity contribution in [3.05, 3.63) is 87.9 Å². The molecule has 3 aromatic rings. The first-order valence-electron chi connectivity index (χ1n) is 10.2. The number of ether oxygens (including phenoxy) is 3. The summed E-state index contributed by atoms with van der Waals surface area (Å²) in [6.07, 6.45) is 2.46. The van der Waals surface area contributed by atoms with Crippen molar-refractivity contribution in [2.45, 2.75) is 20.0 Å². The maximum absolute atomic E-state index is 12.4. The summed E-state index contributed by atoms with van der Waals surface area (Å²) in [5.41, 5.74) is 4.83. The predicted octanol–water partition coefficient (Wildman–Crippen LogP) is 5.59. The zero-order valence-corrected chi connectivity index (χ0v) is 19.6. The van der Waals surface area contributed by atoms with E-state index >= 15 is 0 Å². The molecule has 0 bridgehead atoms. The lowest BCUT2D eigenvalue weighted by Gasteiger charge is -2.11. The van der Waals surface area contributed by atoms with Crippen LogP contribution in [0.3, 0.4) is 0 Å². The Morgan fingerprint density at radius 3 is 2.59 bits per heavy atom. The van der Waals surface area contributed by atoms with Crippen molar-refractivity contribution >= 4 is 28.1 Å². The van der Waals surface area contributed by atoms with Gasteiger partial charge < -0.3 is 14.2 Å². The molecule has 0 aliphatic heterocycles. The number of rotatable bonds is 10. The second-order valence-corrected chi connectivity index (χ2v) is 7.82. The first-order valence-corrected chi connectivity index (χ1v) is 11.0. The highest BCUT2D eigenvalue weighted by molar-refractivity contribution is 9.10. The van der Waals surface area contributed by atoms with E-state index in [1.165, 1.54) is 0 Å². The molecule has 32 heavy (non-hydrogen) atoms. The van der Waals surface area contributed by atoms with E-state index in [1.54, 1.807) is 31.5 Å². The number of hydrogen-bond donors (Lipinski definition) is 1. The van der Waals surface area contributed by atoms with Crippen molar-refractivity contribution in [2.75, 3.05) is 13.7 Å². The van der Waals surface area contributed by atoms with Gasteiger partial charge in [-0.3, -0.25) is 4.79 Å². The number of carbonyl (C=O) groups excluding carboxylic acids is 1. The van der Waals surface area contributed by atoms with Crippen molar-refractivity contribution < 1.29 is 19.0 Å². The molecule has 0 spiro atoms. The number of nitrogens with zero attached hydrogens (tertiary/aromatic N) is 1. The van der Waals surface area contributed by atoms with Gasteiger partial charge in [-0.25, -0.2) is 5.43 Å². The van der Waals surface area contributed by atoms with Gasteiger partial charge >= 0.3 is 0 Å². The molecule has 0 aliphatic rings. The first-order chi connectivity index (χ1) is 15.6. The van der Waals surface area contributed by atoms with E-state index in [1.807, 2.05) is 55.5 Å². The van der Waals surface area contributed by atoms with E-state index in [0.29, 0.717) is 30.3 Å². The Bertz CT molecular complexity index is 1070. The molecule has 0 heterocycles. The van der Waals surface area contributed by atoms with Crippen LogP contribution >= 0.6 is 15.9 Å². The van der Waals surface area contributed by atoms with Gasteiger partial charge in [0.15, 0.2) is 11.5 Å². The van der Waals surface area contributed by atoms with Crippen LogP contribution in [0.4, 0.5) is 0 Å². The number of benzene rings is 3. The minimum atomic E-state index is -0.343. The monoisotopic (exact) mass is 496 g/mol. The van der Waals surface area contributed by atoms with Crippen molar-refractivity contribution in [3.63, 3.8) is 0 Å². The Labute approximate surface area is 196 Å². The number of hydrogen-bond acceptors (Lipinski definition) is 5. The second kappa shape index (κ2) is 11.9. The number of methoxy groups -OCH3 is 1. The topological polar surface area (TPSA) is 69.2 Å². The van der Waals surface area contributed by atoms with Crippen LogP contribution in [0.1, 0.15) is 34.8 Å². The fourth-order valence-electron chi connectivity index (χ4n) is 2.80. The maximum atomic E-state index is 12.4. The van der Waals surface area contributed by atoms with E-state index in [0.717, 1.165) is 27.8 Å². The number of halogens is 1. The van der Waals surface area contributed by atoms with E-state index in [-0.39, 0.29) is 5.91 Å². The molecule has 3 aromatic carbocycles. The van der Waals surface area contributed by atoms with Crippen LogP contribution in [-0.2, 0) is 6.61 Å². The van der Waals surface area contributed by atoms with Crippen LogP contribution in [0, 0.1) is 0 Å². The Morgan fingerprint density at radius 1 is 1.03 bits per heavy atom. The van der Waals surface area contributed by atoms with Gasteiger partial charge in [-0.2, -0.15) is 5.10 Å². The quantitative estimate of drug-likeness (QED) is 0.293. The number of hydrazone groups is 1. The summed E-state index contributed by atoms with van der Waals surface area (Å²) in [7, 11) is 1.54. The fourth-order valence-corrected chi connectivity index (χ4v) is 3.07. The average Bonchev–Trinajstić information content (AvgIpc) is 2.82. The summed E-state index contributed by atoms with van der Waals surface area (Å²) < 4.78 is 17.8. The fraction of sp³-hybridized carbons (Fsp3) is 0.200. The lowest BCUT2D eigenvalue weighted by molar-refractivity contribution is 0.0954. The molecule has 6 nitrogen and oxygen atoms in total. The molecule has 0 aliphatic carbocycles. The molecule has 166 valence electrons. The summed E-state index contributed by atoms with van der Waals surface area (Å²) in [4.78, 5) is 12.4. The van der Waals surface area contributed by atoms with Crippen molar-refractivity contribution in [3.8, 4) is 17.2 Å². The van der Waals surface area contributed by atoms with Crippen molar-refractivity contribution in [1.82, 2.24) is 5.43 Å². The largest absolute Gasteiger partial charge is 0.493 e. The highest BCUT2D eigenvalue weighted by Crippen LogP contribution is 2.28. The molecule has 0 saturated carbocycles. The number of carbonyl (C=O) groups is 1. The average molecular weight is 497 g/mol. The van der Waals surface area contributed by atoms with E-state index < -0.39 is 0 Å². The maximum Gasteiger partial charge on any atom is 0.271 e. The van der Waals surface area contributed by atoms with Gasteiger partial charge in [0, 0.05) is 10.0 Å². The molecule has 3 rings (SSSR count). The van der Waals surface area contributed by atoms with E-state index in [9.17, 15) is 4.79 Å². The Balaban J connectivity index is 1.57. The van der Waals surface area contributed by atoms with Crippen molar-refractivity contribution in [1.29, 1.82) is 0 Å². The molecule has 0 fully saturated rings. The second-order valence-electron chi connectivity index (χ2n) is 6.90. The molecule has 0 saturated heterocycles. The number of amides is 1. The van der Waals surface area contributed by atoms with Crippen LogP contribution in [0.25, 0.3) is 0 Å². The lowest BCUT2D eigenvalue weighted by Crippen LogP contribution is -2.17. The zero-order valence-electron chi connectivity index (χ0n) is 18.0. The van der Waals surface area contributed by atoms with Gasteiger partial charge in [-0.1, -0.05) is 47.1 Å². The van der Waals surface area contributed by atoms with Crippen LogP contribution in [-0.4, -0.2) is 25.8 Å². The number of nitrogens with one attached hydrogen (secondary N) is 1. The first kappa shape index (κ1) is 23.3. The van der Waals surface area contributed by atoms with Gasteiger partial charge in [0.25, 0.3) is 5.91 Å². The lowest BCUT2D eigenvalue weighted by atomic mass is 10.2. The highest BCUT2D eigenvalue weighted by atomic mass is 79.9. The summed E-state index contributed by atoms with van der Waals surface area (Å²) >= 11 is 3.42. The van der Waals surface area contributed by atoms with E-state index in [2.05, 4.69) is 26.5 Å². The summed E-state index contributed by atoms with van der Waals surface area (Å²) in [6, 6.07) is 20.5. The SMILES string of the molecule is CCCOc1ccc(C(=O)N/N=C/c2cccc(OCc3ccc(Br)cc3)c2)cc1OC. The molecule has 0 atom stereocenters. The molecular weight excluding hydrogens is 472 g/mol. The predicted molar refractivity (Wildman–Crippen MR) is 129 cm³/mol. The molecule has 7 heteroatoms. The summed E-state index contributed by atoms with van der Waals surface area (Å²) in [6.45, 7) is 3.07. The third-order valence-electron chi connectivity index (χ3n) is 4.44. The summed E-state index contributed by atoms with van der Waals surface area (Å²) in [5, 5.41) is 4.06. The zero-order chi connectivity index (χ0) is 22.8. The third kappa shape index (κ3) is 6.85. The third-order valence-corrected chi connectivity index (χ3v) is 4.97. The van der Waals surface area contributed by atoms with Crippen molar-refractivity contribution in [2.24, 2.45) is 5.10 Å². The molecular formula is C25H25BrN2O4. The normalized spacial score (nSPS) is 10.7.